The van der Waals surface area contributed by atoms with Gasteiger partial charge in [-0.2, -0.15) is 0 Å². The molecule has 1 aromatic carbocycles. The zero-order valence-electron chi connectivity index (χ0n) is 13.0. The van der Waals surface area contributed by atoms with Gasteiger partial charge in [0.05, 0.1) is 0 Å². The molecule has 0 heterocycles. The molecule has 1 N–H and O–H groups in total. The van der Waals surface area contributed by atoms with E-state index in [0.29, 0.717) is 11.8 Å². The first-order valence-corrected chi connectivity index (χ1v) is 7.73. The van der Waals surface area contributed by atoms with Crippen molar-refractivity contribution in [3.8, 4) is 5.75 Å². The Kier molecular flexibility index (Phi) is 4.69. The van der Waals surface area contributed by atoms with Gasteiger partial charge in [-0.15, -0.1) is 0 Å². The Hall–Kier alpha value is -1.09. The lowest BCUT2D eigenvalue weighted by Gasteiger charge is -2.55. The third kappa shape index (κ3) is 2.56. The van der Waals surface area contributed by atoms with Crippen LogP contribution in [0.25, 0.3) is 0 Å². The molecule has 2 unspecified atom stereocenters. The summed E-state index contributed by atoms with van der Waals surface area (Å²) in [7, 11) is 0. The number of aryl methyl sites for hydroxylation is 1. The van der Waals surface area contributed by atoms with Gasteiger partial charge in [0.25, 0.3) is 0 Å². The van der Waals surface area contributed by atoms with E-state index in [2.05, 4.69) is 26.1 Å². The fourth-order valence-corrected chi connectivity index (χ4v) is 3.50. The highest BCUT2D eigenvalue weighted by molar-refractivity contribution is 5.33. The van der Waals surface area contributed by atoms with Crippen LogP contribution in [0.4, 0.5) is 4.39 Å². The van der Waals surface area contributed by atoms with E-state index in [4.69, 9.17) is 4.74 Å². The monoisotopic (exact) mass is 279 g/mol. The second kappa shape index (κ2) is 6.13. The van der Waals surface area contributed by atoms with Gasteiger partial charge in [-0.1, -0.05) is 26.8 Å². The van der Waals surface area contributed by atoms with Crippen LogP contribution in [0.1, 0.15) is 45.6 Å². The molecule has 2 nitrogen and oxygen atoms in total. The van der Waals surface area contributed by atoms with Crippen molar-refractivity contribution in [3.63, 3.8) is 0 Å². The van der Waals surface area contributed by atoms with E-state index in [1.54, 1.807) is 6.07 Å². The van der Waals surface area contributed by atoms with Gasteiger partial charge in [0, 0.05) is 23.9 Å². The SMILES string of the molecule is CCNC1CC(Oc2cc(F)ccc2C)C1(CC)CC. The lowest BCUT2D eigenvalue weighted by molar-refractivity contribution is -0.0857. The van der Waals surface area contributed by atoms with E-state index in [0.717, 1.165) is 31.4 Å². The van der Waals surface area contributed by atoms with Gasteiger partial charge in [-0.05, 0) is 37.9 Å². The van der Waals surface area contributed by atoms with Crippen molar-refractivity contribution in [2.75, 3.05) is 6.54 Å². The quantitative estimate of drug-likeness (QED) is 0.847. The summed E-state index contributed by atoms with van der Waals surface area (Å²) in [4.78, 5) is 0. The van der Waals surface area contributed by atoms with Gasteiger partial charge < -0.3 is 10.1 Å². The summed E-state index contributed by atoms with van der Waals surface area (Å²) in [6.45, 7) is 9.54. The van der Waals surface area contributed by atoms with Crippen LogP contribution < -0.4 is 10.1 Å². The Morgan fingerprint density at radius 1 is 1.30 bits per heavy atom. The largest absolute Gasteiger partial charge is 0.489 e. The van der Waals surface area contributed by atoms with Crippen molar-refractivity contribution in [3.05, 3.63) is 29.6 Å². The molecule has 0 bridgehead atoms. The molecule has 112 valence electrons. The Morgan fingerprint density at radius 3 is 2.60 bits per heavy atom. The van der Waals surface area contributed by atoms with E-state index >= 15 is 0 Å². The second-order valence-electron chi connectivity index (χ2n) is 5.80. The summed E-state index contributed by atoms with van der Waals surface area (Å²) in [6.07, 6.45) is 3.35. The summed E-state index contributed by atoms with van der Waals surface area (Å²) >= 11 is 0. The molecule has 2 rings (SSSR count). The summed E-state index contributed by atoms with van der Waals surface area (Å²) in [6, 6.07) is 5.29. The molecule has 0 aliphatic heterocycles. The van der Waals surface area contributed by atoms with E-state index in [9.17, 15) is 4.39 Å². The zero-order chi connectivity index (χ0) is 14.8. The standard InChI is InChI=1S/C17H26FNO/c1-5-17(6-2)15(19-7-3)11-16(17)20-14-10-13(18)9-8-12(14)4/h8-10,15-16,19H,5-7,11H2,1-4H3. The van der Waals surface area contributed by atoms with Crippen LogP contribution in [-0.4, -0.2) is 18.7 Å². The Labute approximate surface area is 121 Å². The van der Waals surface area contributed by atoms with E-state index in [-0.39, 0.29) is 17.3 Å². The van der Waals surface area contributed by atoms with Gasteiger partial charge >= 0.3 is 0 Å². The average molecular weight is 279 g/mol. The number of nitrogens with one attached hydrogen (secondary N) is 1. The maximum absolute atomic E-state index is 13.4. The minimum atomic E-state index is -0.230. The summed E-state index contributed by atoms with van der Waals surface area (Å²) in [5.41, 5.74) is 1.17. The third-order valence-electron chi connectivity index (χ3n) is 4.97. The van der Waals surface area contributed by atoms with Gasteiger partial charge in [0.2, 0.25) is 0 Å². The number of ether oxygens (including phenoxy) is 1. The molecule has 0 radical (unpaired) electrons. The number of benzene rings is 1. The van der Waals surface area contributed by atoms with E-state index in [1.165, 1.54) is 12.1 Å². The normalized spacial score (nSPS) is 24.2. The molecule has 0 saturated heterocycles. The lowest BCUT2D eigenvalue weighted by Crippen LogP contribution is -2.64. The number of rotatable bonds is 6. The highest BCUT2D eigenvalue weighted by atomic mass is 19.1. The van der Waals surface area contributed by atoms with Crippen molar-refractivity contribution in [2.24, 2.45) is 5.41 Å². The molecule has 2 atom stereocenters. The van der Waals surface area contributed by atoms with Crippen molar-refractivity contribution >= 4 is 0 Å². The molecule has 0 aromatic heterocycles. The minimum Gasteiger partial charge on any atom is -0.489 e. The summed E-state index contributed by atoms with van der Waals surface area (Å²) in [5.74, 6) is 0.461. The summed E-state index contributed by atoms with van der Waals surface area (Å²) in [5, 5.41) is 3.56. The van der Waals surface area contributed by atoms with Crippen molar-refractivity contribution in [1.29, 1.82) is 0 Å². The number of hydrogen-bond acceptors (Lipinski definition) is 2. The van der Waals surface area contributed by atoms with Crippen molar-refractivity contribution in [2.45, 2.75) is 59.1 Å². The first-order chi connectivity index (χ1) is 9.57. The van der Waals surface area contributed by atoms with Crippen LogP contribution in [0.3, 0.4) is 0 Å². The molecule has 0 spiro atoms. The van der Waals surface area contributed by atoms with Crippen molar-refractivity contribution < 1.29 is 9.13 Å². The topological polar surface area (TPSA) is 21.3 Å². The van der Waals surface area contributed by atoms with Gasteiger partial charge in [0.15, 0.2) is 0 Å². The zero-order valence-corrected chi connectivity index (χ0v) is 13.0. The van der Waals surface area contributed by atoms with Crippen LogP contribution >= 0.6 is 0 Å². The fourth-order valence-electron chi connectivity index (χ4n) is 3.50. The predicted molar refractivity (Wildman–Crippen MR) is 80.6 cm³/mol. The molecule has 20 heavy (non-hydrogen) atoms. The van der Waals surface area contributed by atoms with Crippen LogP contribution in [0.5, 0.6) is 5.75 Å². The smallest absolute Gasteiger partial charge is 0.126 e. The van der Waals surface area contributed by atoms with E-state index < -0.39 is 0 Å². The minimum absolute atomic E-state index is 0.175. The van der Waals surface area contributed by atoms with Crippen LogP contribution in [0.15, 0.2) is 18.2 Å². The number of halogens is 1. The molecule has 1 saturated carbocycles. The highest BCUT2D eigenvalue weighted by Gasteiger charge is 2.53. The number of hydrogen-bond donors (Lipinski definition) is 1. The second-order valence-corrected chi connectivity index (χ2v) is 5.80. The van der Waals surface area contributed by atoms with Crippen LogP contribution in [0, 0.1) is 18.2 Å². The van der Waals surface area contributed by atoms with Gasteiger partial charge in [-0.3, -0.25) is 0 Å². The van der Waals surface area contributed by atoms with Gasteiger partial charge in [0.1, 0.15) is 17.7 Å². The molecule has 1 aromatic rings. The Morgan fingerprint density at radius 2 is 2.00 bits per heavy atom. The Balaban J connectivity index is 2.15. The van der Waals surface area contributed by atoms with Crippen LogP contribution in [-0.2, 0) is 0 Å². The van der Waals surface area contributed by atoms with Gasteiger partial charge in [-0.25, -0.2) is 4.39 Å². The summed E-state index contributed by atoms with van der Waals surface area (Å²) < 4.78 is 19.5. The van der Waals surface area contributed by atoms with Crippen molar-refractivity contribution in [1.82, 2.24) is 5.32 Å². The molecular formula is C17H26FNO. The first-order valence-electron chi connectivity index (χ1n) is 7.73. The fraction of sp³-hybridized carbons (Fsp3) is 0.647. The maximum atomic E-state index is 13.4. The third-order valence-corrected chi connectivity index (χ3v) is 4.97. The molecule has 3 heteroatoms. The highest BCUT2D eigenvalue weighted by Crippen LogP contribution is 2.49. The lowest BCUT2D eigenvalue weighted by atomic mass is 9.58. The average Bonchev–Trinajstić information content (AvgIpc) is 2.43. The molecular weight excluding hydrogens is 253 g/mol. The maximum Gasteiger partial charge on any atom is 0.126 e. The van der Waals surface area contributed by atoms with Crippen LogP contribution in [0.2, 0.25) is 0 Å². The molecule has 1 aliphatic rings. The first kappa shape index (κ1) is 15.3. The molecule has 1 aliphatic carbocycles. The molecule has 1 fully saturated rings. The molecule has 0 amide bonds. The predicted octanol–water partition coefficient (Wildman–Crippen LogP) is 4.07. The Bertz CT molecular complexity index is 456. The van der Waals surface area contributed by atoms with E-state index in [1.807, 2.05) is 6.92 Å².